The minimum absolute atomic E-state index is 0.0158. The predicted octanol–water partition coefficient (Wildman–Crippen LogP) is 3.01. The molecule has 1 saturated carbocycles. The first-order chi connectivity index (χ1) is 11.1. The zero-order valence-electron chi connectivity index (χ0n) is 13.4. The Morgan fingerprint density at radius 2 is 2.13 bits per heavy atom. The molecule has 1 fully saturated rings. The van der Waals surface area contributed by atoms with Gasteiger partial charge in [0.05, 0.1) is 6.54 Å². The topological polar surface area (TPSA) is 53.9 Å². The van der Waals surface area contributed by atoms with Crippen LogP contribution in [0, 0.1) is 6.92 Å². The summed E-state index contributed by atoms with van der Waals surface area (Å²) >= 11 is 0. The molecule has 0 spiro atoms. The van der Waals surface area contributed by atoms with E-state index in [0.717, 1.165) is 24.2 Å². The van der Waals surface area contributed by atoms with Crippen LogP contribution in [0.5, 0.6) is 0 Å². The molecule has 1 N–H and O–H groups in total. The van der Waals surface area contributed by atoms with Gasteiger partial charge in [0.25, 0.3) is 5.91 Å². The van der Waals surface area contributed by atoms with Crippen LogP contribution in [0.3, 0.4) is 0 Å². The minimum atomic E-state index is 0.0158. The molecule has 5 heteroatoms. The van der Waals surface area contributed by atoms with Gasteiger partial charge in [0.15, 0.2) is 0 Å². The van der Waals surface area contributed by atoms with Crippen molar-refractivity contribution in [3.8, 4) is 0 Å². The molecular formula is C18H20N4O. The molecule has 1 aromatic carbocycles. The van der Waals surface area contributed by atoms with Gasteiger partial charge in [-0.15, -0.1) is 0 Å². The first-order valence-electron chi connectivity index (χ1n) is 8.00. The van der Waals surface area contributed by atoms with Gasteiger partial charge in [-0.2, -0.15) is 5.10 Å². The van der Waals surface area contributed by atoms with Gasteiger partial charge in [-0.25, -0.2) is 0 Å². The summed E-state index contributed by atoms with van der Waals surface area (Å²) < 4.78 is 2.17. The number of aryl methyl sites for hydroxylation is 2. The molecule has 1 aliphatic carbocycles. The maximum atomic E-state index is 12.8. The van der Waals surface area contributed by atoms with Crippen LogP contribution < -0.4 is 0 Å². The van der Waals surface area contributed by atoms with Gasteiger partial charge in [-0.1, -0.05) is 18.2 Å². The van der Waals surface area contributed by atoms with Gasteiger partial charge in [0.2, 0.25) is 0 Å². The second kappa shape index (κ2) is 5.26. The molecule has 1 amide bonds. The number of benzene rings is 1. The van der Waals surface area contributed by atoms with Crippen molar-refractivity contribution >= 4 is 16.8 Å². The van der Waals surface area contributed by atoms with Crippen molar-refractivity contribution in [2.24, 2.45) is 7.05 Å². The van der Waals surface area contributed by atoms with Gasteiger partial charge >= 0.3 is 0 Å². The molecule has 0 unspecified atom stereocenters. The van der Waals surface area contributed by atoms with E-state index in [-0.39, 0.29) is 5.91 Å². The number of fused-ring (bicyclic) bond motifs is 1. The summed E-state index contributed by atoms with van der Waals surface area (Å²) in [7, 11) is 2.06. The summed E-state index contributed by atoms with van der Waals surface area (Å²) in [5.74, 6) is 0.0158. The monoisotopic (exact) mass is 308 g/mol. The highest BCUT2D eigenvalue weighted by molar-refractivity contribution is 5.93. The van der Waals surface area contributed by atoms with Crippen molar-refractivity contribution in [3.05, 3.63) is 53.5 Å². The molecule has 5 nitrogen and oxygen atoms in total. The van der Waals surface area contributed by atoms with E-state index in [1.807, 2.05) is 30.0 Å². The second-order valence-electron chi connectivity index (χ2n) is 6.35. The van der Waals surface area contributed by atoms with E-state index in [1.54, 1.807) is 0 Å². The lowest BCUT2D eigenvalue weighted by Crippen LogP contribution is -2.33. The Labute approximate surface area is 134 Å². The van der Waals surface area contributed by atoms with Gasteiger partial charge < -0.3 is 9.47 Å². The quantitative estimate of drug-likeness (QED) is 0.805. The number of aromatic amines is 1. The normalized spacial score (nSPS) is 14.3. The molecule has 118 valence electrons. The number of nitrogens with one attached hydrogen (secondary N) is 1. The van der Waals surface area contributed by atoms with Crippen LogP contribution in [0.15, 0.2) is 36.4 Å². The zero-order valence-corrected chi connectivity index (χ0v) is 13.4. The molecule has 0 aliphatic heterocycles. The van der Waals surface area contributed by atoms with Crippen molar-refractivity contribution in [1.29, 1.82) is 0 Å². The third-order valence-electron chi connectivity index (χ3n) is 4.56. The summed E-state index contributed by atoms with van der Waals surface area (Å²) in [6.07, 6.45) is 2.16. The van der Waals surface area contributed by atoms with Crippen LogP contribution in [0.25, 0.3) is 10.9 Å². The van der Waals surface area contributed by atoms with E-state index in [9.17, 15) is 4.79 Å². The summed E-state index contributed by atoms with van der Waals surface area (Å²) in [4.78, 5) is 14.8. The highest BCUT2D eigenvalue weighted by Gasteiger charge is 2.34. The van der Waals surface area contributed by atoms with Crippen LogP contribution in [-0.4, -0.2) is 31.6 Å². The first-order valence-corrected chi connectivity index (χ1v) is 8.00. The highest BCUT2D eigenvalue weighted by Crippen LogP contribution is 2.30. The number of nitrogens with zero attached hydrogens (tertiary/aromatic N) is 3. The Kier molecular flexibility index (Phi) is 3.22. The molecule has 3 aromatic rings. The number of amides is 1. The first kappa shape index (κ1) is 14.1. The predicted molar refractivity (Wildman–Crippen MR) is 89.1 cm³/mol. The van der Waals surface area contributed by atoms with Gasteiger partial charge in [0.1, 0.15) is 5.69 Å². The fourth-order valence-electron chi connectivity index (χ4n) is 3.10. The van der Waals surface area contributed by atoms with Crippen molar-refractivity contribution in [2.45, 2.75) is 32.4 Å². The number of H-pyrrole nitrogens is 1. The molecule has 4 rings (SSSR count). The summed E-state index contributed by atoms with van der Waals surface area (Å²) in [5.41, 5.74) is 3.77. The van der Waals surface area contributed by atoms with E-state index >= 15 is 0 Å². The van der Waals surface area contributed by atoms with Crippen LogP contribution >= 0.6 is 0 Å². The van der Waals surface area contributed by atoms with Crippen molar-refractivity contribution < 1.29 is 4.79 Å². The lowest BCUT2D eigenvalue weighted by Gasteiger charge is -2.21. The van der Waals surface area contributed by atoms with Crippen LogP contribution in [0.2, 0.25) is 0 Å². The maximum Gasteiger partial charge on any atom is 0.274 e. The van der Waals surface area contributed by atoms with Crippen molar-refractivity contribution in [1.82, 2.24) is 19.7 Å². The van der Waals surface area contributed by atoms with E-state index in [0.29, 0.717) is 18.3 Å². The number of carbonyl (C=O) groups is 1. The molecule has 0 saturated heterocycles. The van der Waals surface area contributed by atoms with E-state index in [2.05, 4.69) is 40.0 Å². The molecule has 0 bridgehead atoms. The zero-order chi connectivity index (χ0) is 16.0. The Balaban J connectivity index is 1.65. The van der Waals surface area contributed by atoms with Crippen LogP contribution in [0.1, 0.15) is 34.7 Å². The Hall–Kier alpha value is -2.56. The number of aromatic nitrogens is 3. The molecule has 0 radical (unpaired) electrons. The summed E-state index contributed by atoms with van der Waals surface area (Å²) in [6, 6.07) is 12.6. The number of rotatable bonds is 4. The lowest BCUT2D eigenvalue weighted by atomic mass is 10.2. The molecule has 2 aromatic heterocycles. The fraction of sp³-hybridized carbons (Fsp3) is 0.333. The summed E-state index contributed by atoms with van der Waals surface area (Å²) in [6.45, 7) is 2.54. The second-order valence-corrected chi connectivity index (χ2v) is 6.35. The van der Waals surface area contributed by atoms with Gasteiger partial charge in [0, 0.05) is 30.0 Å². The fourth-order valence-corrected chi connectivity index (χ4v) is 3.10. The lowest BCUT2D eigenvalue weighted by molar-refractivity contribution is 0.0720. The Bertz CT molecular complexity index is 872. The van der Waals surface area contributed by atoms with E-state index in [4.69, 9.17) is 0 Å². The van der Waals surface area contributed by atoms with Gasteiger partial charge in [-0.05, 0) is 43.4 Å². The average Bonchev–Trinajstić information content (AvgIpc) is 3.23. The molecule has 23 heavy (non-hydrogen) atoms. The number of hydrogen-bond donors (Lipinski definition) is 1. The number of carbonyl (C=O) groups excluding carboxylic acids is 1. The van der Waals surface area contributed by atoms with Crippen LogP contribution in [0.4, 0.5) is 0 Å². The molecule has 1 aliphatic rings. The van der Waals surface area contributed by atoms with E-state index < -0.39 is 0 Å². The number of hydrogen-bond acceptors (Lipinski definition) is 2. The third-order valence-corrected chi connectivity index (χ3v) is 4.56. The number of para-hydroxylation sites is 1. The van der Waals surface area contributed by atoms with Crippen molar-refractivity contribution in [2.75, 3.05) is 0 Å². The SMILES string of the molecule is Cc1cc(C(=O)N(Cc2cc3ccccc3n2C)C2CC2)n[nH]1. The molecule has 2 heterocycles. The van der Waals surface area contributed by atoms with E-state index in [1.165, 1.54) is 10.9 Å². The maximum absolute atomic E-state index is 12.8. The Morgan fingerprint density at radius 3 is 2.78 bits per heavy atom. The van der Waals surface area contributed by atoms with Crippen LogP contribution in [-0.2, 0) is 13.6 Å². The smallest absolute Gasteiger partial charge is 0.274 e. The summed E-state index contributed by atoms with van der Waals surface area (Å²) in [5, 5.41) is 8.20. The molecule has 0 atom stereocenters. The standard InChI is InChI=1S/C18H20N4O/c1-12-9-16(20-19-12)18(23)22(14-7-8-14)11-15-10-13-5-3-4-6-17(13)21(15)2/h3-6,9-10,14H,7-8,11H2,1-2H3,(H,19,20). The van der Waals surface area contributed by atoms with Gasteiger partial charge in [-0.3, -0.25) is 9.89 Å². The third kappa shape index (κ3) is 2.52. The molecular weight excluding hydrogens is 288 g/mol. The largest absolute Gasteiger partial charge is 0.346 e. The average molecular weight is 308 g/mol. The van der Waals surface area contributed by atoms with Crippen molar-refractivity contribution in [3.63, 3.8) is 0 Å². The minimum Gasteiger partial charge on any atom is -0.346 e. The Morgan fingerprint density at radius 1 is 1.35 bits per heavy atom. The highest BCUT2D eigenvalue weighted by atomic mass is 16.2.